The van der Waals surface area contributed by atoms with Gasteiger partial charge < -0.3 is 15.0 Å². The van der Waals surface area contributed by atoms with Crippen LogP contribution in [0.2, 0.25) is 0 Å². The van der Waals surface area contributed by atoms with Crippen LogP contribution in [0.3, 0.4) is 0 Å². The number of nitrogens with one attached hydrogen (secondary N) is 1. The molecule has 1 N–H and O–H groups in total. The van der Waals surface area contributed by atoms with Crippen molar-refractivity contribution in [2.75, 3.05) is 50.1 Å². The highest BCUT2D eigenvalue weighted by atomic mass is 16.5. The van der Waals surface area contributed by atoms with Crippen molar-refractivity contribution in [2.24, 2.45) is 0 Å². The molecule has 1 saturated heterocycles. The van der Waals surface area contributed by atoms with E-state index in [1.165, 1.54) is 0 Å². The fraction of sp³-hybridized carbons (Fsp3) is 0.400. The van der Waals surface area contributed by atoms with E-state index in [-0.39, 0.29) is 5.91 Å². The number of hydrogen-bond donors (Lipinski definition) is 1. The first-order valence-electron chi connectivity index (χ1n) is 10.6. The van der Waals surface area contributed by atoms with Crippen molar-refractivity contribution < 1.29 is 9.53 Å². The smallest absolute Gasteiger partial charge is 0.236 e. The zero-order valence-electron chi connectivity index (χ0n) is 17.8. The molecule has 2 aliphatic rings. The Morgan fingerprint density at radius 3 is 2.53 bits per heavy atom. The van der Waals surface area contributed by atoms with Crippen molar-refractivity contribution >= 4 is 17.3 Å². The van der Waals surface area contributed by atoms with Gasteiger partial charge in [-0.25, -0.2) is 0 Å². The number of carbonyl (C=O) groups is 1. The summed E-state index contributed by atoms with van der Waals surface area (Å²) in [6.45, 7) is 6.65. The Morgan fingerprint density at radius 1 is 1.03 bits per heavy atom. The van der Waals surface area contributed by atoms with Crippen LogP contribution in [0.5, 0.6) is 5.75 Å². The van der Waals surface area contributed by atoms with Gasteiger partial charge in [0.05, 0.1) is 24.8 Å². The van der Waals surface area contributed by atoms with Gasteiger partial charge in [0.15, 0.2) is 0 Å². The van der Waals surface area contributed by atoms with E-state index in [1.54, 1.807) is 7.11 Å². The van der Waals surface area contributed by atoms with Gasteiger partial charge in [-0.1, -0.05) is 43.2 Å². The summed E-state index contributed by atoms with van der Waals surface area (Å²) in [5, 5.41) is 3.03. The highest BCUT2D eigenvalue weighted by Crippen LogP contribution is 2.42. The molecule has 1 atom stereocenters. The maximum absolute atomic E-state index is 12.7. The molecule has 0 aliphatic carbocycles. The van der Waals surface area contributed by atoms with Gasteiger partial charge in [-0.3, -0.25) is 9.69 Å². The second-order valence-electron chi connectivity index (χ2n) is 7.90. The van der Waals surface area contributed by atoms with Gasteiger partial charge in [-0.15, -0.1) is 5.92 Å². The molecule has 2 aliphatic heterocycles. The van der Waals surface area contributed by atoms with Crippen LogP contribution in [0.25, 0.3) is 0 Å². The topological polar surface area (TPSA) is 44.8 Å². The normalized spacial score (nSPS) is 20.9. The third-order valence-electron chi connectivity index (χ3n) is 6.35. The molecule has 5 heteroatoms. The van der Waals surface area contributed by atoms with Crippen molar-refractivity contribution in [1.29, 1.82) is 0 Å². The number of carbonyl (C=O) groups excluding carboxylic acids is 1. The van der Waals surface area contributed by atoms with Gasteiger partial charge in [-0.05, 0) is 30.2 Å². The Morgan fingerprint density at radius 2 is 1.77 bits per heavy atom. The summed E-state index contributed by atoms with van der Waals surface area (Å²) >= 11 is 0. The average molecular weight is 404 g/mol. The average Bonchev–Trinajstić information content (AvgIpc) is 3.08. The minimum atomic E-state index is -0.522. The van der Waals surface area contributed by atoms with E-state index in [9.17, 15) is 4.79 Å². The van der Waals surface area contributed by atoms with Gasteiger partial charge in [-0.2, -0.15) is 0 Å². The first-order valence-corrected chi connectivity index (χ1v) is 10.6. The lowest BCUT2D eigenvalue weighted by Crippen LogP contribution is -2.46. The number of fused-ring (bicyclic) bond motifs is 1. The number of hydrogen-bond acceptors (Lipinski definition) is 4. The van der Waals surface area contributed by atoms with E-state index >= 15 is 0 Å². The molecule has 156 valence electrons. The Labute approximate surface area is 179 Å². The second-order valence-corrected chi connectivity index (χ2v) is 7.90. The number of amides is 1. The number of para-hydroxylation sites is 3. The lowest BCUT2D eigenvalue weighted by Gasteiger charge is -2.35. The number of anilines is 2. The molecular weight excluding hydrogens is 374 g/mol. The number of piperazine rings is 1. The van der Waals surface area contributed by atoms with E-state index in [2.05, 4.69) is 52.1 Å². The number of benzene rings is 2. The minimum Gasteiger partial charge on any atom is -0.495 e. The van der Waals surface area contributed by atoms with Gasteiger partial charge in [0, 0.05) is 38.3 Å². The molecule has 0 bridgehead atoms. The molecule has 1 amide bonds. The van der Waals surface area contributed by atoms with E-state index < -0.39 is 5.41 Å². The Kier molecular flexibility index (Phi) is 5.96. The Balaban J connectivity index is 1.34. The second kappa shape index (κ2) is 8.81. The fourth-order valence-corrected chi connectivity index (χ4v) is 4.44. The van der Waals surface area contributed by atoms with E-state index in [0.29, 0.717) is 6.42 Å². The maximum Gasteiger partial charge on any atom is 0.236 e. The highest BCUT2D eigenvalue weighted by Gasteiger charge is 2.44. The van der Waals surface area contributed by atoms with Crippen molar-refractivity contribution in [3.63, 3.8) is 0 Å². The number of rotatable bonds is 5. The number of nitrogens with zero attached hydrogens (tertiary/aromatic N) is 2. The summed E-state index contributed by atoms with van der Waals surface area (Å²) in [5.74, 6) is 7.63. The fourth-order valence-electron chi connectivity index (χ4n) is 4.44. The Hall–Kier alpha value is -2.97. The molecule has 4 rings (SSSR count). The van der Waals surface area contributed by atoms with Gasteiger partial charge >= 0.3 is 0 Å². The molecule has 0 radical (unpaired) electrons. The summed E-state index contributed by atoms with van der Waals surface area (Å²) in [6.07, 6.45) is 1.32. The van der Waals surface area contributed by atoms with E-state index in [4.69, 9.17) is 4.74 Å². The van der Waals surface area contributed by atoms with Crippen LogP contribution in [0, 0.1) is 11.8 Å². The Bertz CT molecular complexity index is 970. The third kappa shape index (κ3) is 3.76. The van der Waals surface area contributed by atoms with Crippen LogP contribution in [-0.4, -0.2) is 50.6 Å². The van der Waals surface area contributed by atoms with Crippen LogP contribution in [0.4, 0.5) is 11.4 Å². The van der Waals surface area contributed by atoms with E-state index in [0.717, 1.165) is 61.8 Å². The van der Waals surface area contributed by atoms with Crippen LogP contribution < -0.4 is 15.0 Å². The minimum absolute atomic E-state index is 0.0749. The molecule has 2 heterocycles. The molecule has 1 fully saturated rings. The third-order valence-corrected chi connectivity index (χ3v) is 6.35. The number of ether oxygens (including phenoxy) is 1. The van der Waals surface area contributed by atoms with E-state index in [1.807, 2.05) is 30.3 Å². The monoisotopic (exact) mass is 403 g/mol. The molecule has 0 aromatic heterocycles. The molecule has 1 unspecified atom stereocenters. The molecule has 5 nitrogen and oxygen atoms in total. The van der Waals surface area contributed by atoms with Crippen LogP contribution in [-0.2, 0) is 10.2 Å². The van der Waals surface area contributed by atoms with Crippen molar-refractivity contribution in [1.82, 2.24) is 4.90 Å². The first kappa shape index (κ1) is 20.3. The molecule has 0 spiro atoms. The molecule has 2 aromatic rings. The summed E-state index contributed by atoms with van der Waals surface area (Å²) in [5.41, 5.74) is 2.64. The van der Waals surface area contributed by atoms with Crippen LogP contribution in [0.15, 0.2) is 48.5 Å². The van der Waals surface area contributed by atoms with Gasteiger partial charge in [0.2, 0.25) is 5.91 Å². The standard InChI is InChI=1S/C25H29N3O2/c1-3-25(20-10-4-5-11-21(20)26-24(25)29)14-8-9-15-27-16-18-28(19-17-27)22-12-6-7-13-23(22)30-2/h4-7,10-13H,3,14-19H2,1-2H3,(H,26,29). The summed E-state index contributed by atoms with van der Waals surface area (Å²) in [4.78, 5) is 17.4. The molecule has 0 saturated carbocycles. The predicted octanol–water partition coefficient (Wildman–Crippen LogP) is 3.51. The van der Waals surface area contributed by atoms with Gasteiger partial charge in [0.1, 0.15) is 5.75 Å². The van der Waals surface area contributed by atoms with Crippen molar-refractivity contribution in [3.05, 3.63) is 54.1 Å². The molecule has 30 heavy (non-hydrogen) atoms. The SMILES string of the molecule is CCC1(CC#CCN2CCN(c3ccccc3OC)CC2)C(=O)Nc2ccccc21. The highest BCUT2D eigenvalue weighted by molar-refractivity contribution is 6.06. The lowest BCUT2D eigenvalue weighted by molar-refractivity contribution is -0.120. The van der Waals surface area contributed by atoms with Crippen molar-refractivity contribution in [3.8, 4) is 17.6 Å². The van der Waals surface area contributed by atoms with Crippen LogP contribution in [0.1, 0.15) is 25.3 Å². The first-order chi connectivity index (χ1) is 14.7. The van der Waals surface area contributed by atoms with Gasteiger partial charge in [0.25, 0.3) is 0 Å². The molecule has 2 aromatic carbocycles. The zero-order chi connectivity index (χ0) is 21.0. The van der Waals surface area contributed by atoms with Crippen LogP contribution >= 0.6 is 0 Å². The lowest BCUT2D eigenvalue weighted by atomic mass is 9.76. The summed E-state index contributed by atoms with van der Waals surface area (Å²) in [7, 11) is 1.72. The quantitative estimate of drug-likeness (QED) is 0.776. The predicted molar refractivity (Wildman–Crippen MR) is 121 cm³/mol. The number of methoxy groups -OCH3 is 1. The maximum atomic E-state index is 12.7. The van der Waals surface area contributed by atoms with Crippen molar-refractivity contribution in [2.45, 2.75) is 25.2 Å². The molecular formula is C25H29N3O2. The largest absolute Gasteiger partial charge is 0.495 e. The zero-order valence-corrected chi connectivity index (χ0v) is 17.8. The summed E-state index contributed by atoms with van der Waals surface area (Å²) < 4.78 is 5.50. The summed E-state index contributed by atoms with van der Waals surface area (Å²) in [6, 6.07) is 16.2.